The van der Waals surface area contributed by atoms with Gasteiger partial charge in [-0.05, 0) is 49.2 Å². The van der Waals surface area contributed by atoms with Gasteiger partial charge in [-0.3, -0.25) is 0 Å². The zero-order valence-corrected chi connectivity index (χ0v) is 17.3. The molecule has 1 aromatic heterocycles. The van der Waals surface area contributed by atoms with Crippen molar-refractivity contribution in [3.8, 4) is 0 Å². The smallest absolute Gasteiger partial charge is 0.0720 e. The van der Waals surface area contributed by atoms with Crippen LogP contribution in [0.3, 0.4) is 0 Å². The number of allylic oxidation sites excluding steroid dienone is 1. The van der Waals surface area contributed by atoms with Crippen LogP contribution in [0.4, 0.5) is 5.69 Å². The minimum atomic E-state index is 0.621. The van der Waals surface area contributed by atoms with E-state index in [1.165, 1.54) is 58.6 Å². The van der Waals surface area contributed by atoms with Crippen molar-refractivity contribution >= 4 is 33.9 Å². The third-order valence-corrected chi connectivity index (χ3v) is 6.99. The van der Waals surface area contributed by atoms with Crippen LogP contribution in [0.25, 0.3) is 16.5 Å². The highest BCUT2D eigenvalue weighted by atomic mass is 32.2. The molecule has 2 aliphatic rings. The zero-order chi connectivity index (χ0) is 19.6. The van der Waals surface area contributed by atoms with E-state index in [0.29, 0.717) is 5.92 Å². The Labute approximate surface area is 176 Å². The van der Waals surface area contributed by atoms with Gasteiger partial charge in [0.25, 0.3) is 0 Å². The van der Waals surface area contributed by atoms with Crippen LogP contribution in [0.2, 0.25) is 0 Å². The molecule has 3 aromatic rings. The predicted molar refractivity (Wildman–Crippen MR) is 121 cm³/mol. The van der Waals surface area contributed by atoms with E-state index in [2.05, 4.69) is 53.3 Å². The van der Waals surface area contributed by atoms with Crippen molar-refractivity contribution < 1.29 is 0 Å². The summed E-state index contributed by atoms with van der Waals surface area (Å²) in [5, 5.41) is 1.19. The molecule has 0 amide bonds. The molecule has 2 aromatic carbocycles. The molecule has 0 spiro atoms. The van der Waals surface area contributed by atoms with Gasteiger partial charge < -0.3 is 11.2 Å². The maximum absolute atomic E-state index is 5.86. The van der Waals surface area contributed by atoms with Gasteiger partial charge in [0, 0.05) is 44.6 Å². The number of hydrazine groups is 1. The Balaban J connectivity index is 1.58. The summed E-state index contributed by atoms with van der Waals surface area (Å²) in [6, 6.07) is 18.8. The number of hydrogen-bond acceptors (Lipinski definition) is 5. The summed E-state index contributed by atoms with van der Waals surface area (Å²) in [5.74, 6) is 0.621. The molecular formula is C24H26N4S. The number of nitrogen functional groups attached to an aromatic ring is 1. The van der Waals surface area contributed by atoms with Gasteiger partial charge in [0.05, 0.1) is 11.2 Å². The lowest BCUT2D eigenvalue weighted by Crippen LogP contribution is -2.27. The van der Waals surface area contributed by atoms with Crippen LogP contribution < -0.4 is 16.6 Å². The van der Waals surface area contributed by atoms with Crippen LogP contribution in [0.5, 0.6) is 0 Å². The highest BCUT2D eigenvalue weighted by Gasteiger charge is 2.26. The number of rotatable bonds is 4. The minimum Gasteiger partial charge on any atom is -0.399 e. The van der Waals surface area contributed by atoms with E-state index in [9.17, 15) is 0 Å². The molecule has 1 aliphatic carbocycles. The van der Waals surface area contributed by atoms with Crippen molar-refractivity contribution in [3.63, 3.8) is 0 Å². The maximum atomic E-state index is 5.86. The number of anilines is 1. The largest absolute Gasteiger partial charge is 0.399 e. The molecule has 0 bridgehead atoms. The highest BCUT2D eigenvalue weighted by molar-refractivity contribution is 7.99. The number of benzene rings is 2. The van der Waals surface area contributed by atoms with E-state index < -0.39 is 0 Å². The summed E-state index contributed by atoms with van der Waals surface area (Å²) >= 11 is 1.78. The monoisotopic (exact) mass is 402 g/mol. The first-order chi connectivity index (χ1) is 14.3. The van der Waals surface area contributed by atoms with Crippen LogP contribution in [0, 0.1) is 5.92 Å². The van der Waals surface area contributed by atoms with Crippen LogP contribution in [0.1, 0.15) is 37.8 Å². The lowest BCUT2D eigenvalue weighted by Gasteiger charge is -2.24. The summed E-state index contributed by atoms with van der Waals surface area (Å²) in [6.07, 6.45) is 6.56. The van der Waals surface area contributed by atoms with E-state index in [4.69, 9.17) is 10.7 Å². The molecule has 4 N–H and O–H groups in total. The molecule has 29 heavy (non-hydrogen) atoms. The summed E-state index contributed by atoms with van der Waals surface area (Å²) in [4.78, 5) is 7.47. The van der Waals surface area contributed by atoms with Gasteiger partial charge >= 0.3 is 0 Å². The second-order valence-electron chi connectivity index (χ2n) is 7.90. The molecule has 5 heteroatoms. The number of nitrogens with two attached hydrogens (primary N) is 1. The average molecular weight is 403 g/mol. The van der Waals surface area contributed by atoms with Gasteiger partial charge in [-0.15, -0.1) is 0 Å². The molecule has 2 heterocycles. The molecule has 4 nitrogen and oxygen atoms in total. The molecule has 0 unspecified atom stereocenters. The lowest BCUT2D eigenvalue weighted by atomic mass is 9.85. The van der Waals surface area contributed by atoms with Crippen molar-refractivity contribution in [2.24, 2.45) is 5.92 Å². The zero-order valence-electron chi connectivity index (χ0n) is 16.4. The van der Waals surface area contributed by atoms with Gasteiger partial charge in [0.15, 0.2) is 0 Å². The van der Waals surface area contributed by atoms with E-state index in [0.717, 1.165) is 23.4 Å². The van der Waals surface area contributed by atoms with Crippen molar-refractivity contribution in [1.29, 1.82) is 0 Å². The number of hydrogen-bond donors (Lipinski definition) is 3. The first-order valence-corrected chi connectivity index (χ1v) is 11.2. The number of nitrogens with one attached hydrogen (secondary N) is 2. The molecular weight excluding hydrogens is 376 g/mol. The predicted octanol–water partition coefficient (Wildman–Crippen LogP) is 5.37. The van der Waals surface area contributed by atoms with Crippen LogP contribution in [-0.2, 0) is 0 Å². The molecule has 0 saturated heterocycles. The number of nitrogens with zero attached hydrogens (tertiary/aromatic N) is 1. The standard InChI is InChI=1S/C24H26N4S/c25-17-10-12-18(13-11-17)29-23-14-22(27-21-9-5-4-8-19(21)23)20-15-26-28-24(20)16-6-2-1-3-7-16/h4-5,8-14,16,26,28H,1-3,6-7,15,25H2. The number of fused-ring (bicyclic) bond motifs is 1. The van der Waals surface area contributed by atoms with Gasteiger partial charge in [-0.1, -0.05) is 49.2 Å². The van der Waals surface area contributed by atoms with E-state index >= 15 is 0 Å². The van der Waals surface area contributed by atoms with Crippen LogP contribution in [0.15, 0.2) is 70.1 Å². The SMILES string of the molecule is Nc1ccc(Sc2cc(C3=C(C4CCCCC4)NNC3)nc3ccccc23)cc1. The van der Waals surface area contributed by atoms with Gasteiger partial charge in [0.2, 0.25) is 0 Å². The quantitative estimate of drug-likeness (QED) is 0.512. The minimum absolute atomic E-state index is 0.621. The Morgan fingerprint density at radius 1 is 0.966 bits per heavy atom. The van der Waals surface area contributed by atoms with Gasteiger partial charge in [0.1, 0.15) is 0 Å². The van der Waals surface area contributed by atoms with Crippen molar-refractivity contribution in [3.05, 3.63) is 66.0 Å². The maximum Gasteiger partial charge on any atom is 0.0720 e. The second-order valence-corrected chi connectivity index (χ2v) is 9.01. The van der Waals surface area contributed by atoms with Gasteiger partial charge in [-0.25, -0.2) is 10.4 Å². The second kappa shape index (κ2) is 8.09. The number of aromatic nitrogens is 1. The van der Waals surface area contributed by atoms with Gasteiger partial charge in [-0.2, -0.15) is 0 Å². The van der Waals surface area contributed by atoms with E-state index in [-0.39, 0.29) is 0 Å². The normalized spacial score (nSPS) is 17.7. The Kier molecular flexibility index (Phi) is 5.17. The number of pyridine rings is 1. The van der Waals surface area contributed by atoms with Crippen LogP contribution >= 0.6 is 11.8 Å². The molecule has 0 radical (unpaired) electrons. The number of para-hydroxylation sites is 1. The topological polar surface area (TPSA) is 63.0 Å². The first-order valence-electron chi connectivity index (χ1n) is 10.4. The fourth-order valence-corrected chi connectivity index (χ4v) is 5.39. The fourth-order valence-electron chi connectivity index (χ4n) is 4.41. The lowest BCUT2D eigenvalue weighted by molar-refractivity contribution is 0.385. The molecule has 0 atom stereocenters. The fraction of sp³-hybridized carbons (Fsp3) is 0.292. The first kappa shape index (κ1) is 18.5. The van der Waals surface area contributed by atoms with E-state index in [1.807, 2.05) is 12.1 Å². The van der Waals surface area contributed by atoms with Crippen LogP contribution in [-0.4, -0.2) is 11.5 Å². The Hall–Kier alpha value is -2.50. The summed E-state index contributed by atoms with van der Waals surface area (Å²) in [7, 11) is 0. The summed E-state index contributed by atoms with van der Waals surface area (Å²) < 4.78 is 0. The Bertz CT molecular complexity index is 1050. The third-order valence-electron chi connectivity index (χ3n) is 5.92. The molecule has 148 valence electrons. The molecule has 1 aliphatic heterocycles. The van der Waals surface area contributed by atoms with Crippen molar-refractivity contribution in [2.45, 2.75) is 41.9 Å². The van der Waals surface area contributed by atoms with E-state index in [1.54, 1.807) is 11.8 Å². The molecule has 1 fully saturated rings. The Morgan fingerprint density at radius 2 is 1.76 bits per heavy atom. The van der Waals surface area contributed by atoms with Crippen molar-refractivity contribution in [1.82, 2.24) is 15.8 Å². The Morgan fingerprint density at radius 3 is 2.59 bits per heavy atom. The highest BCUT2D eigenvalue weighted by Crippen LogP contribution is 2.38. The summed E-state index contributed by atoms with van der Waals surface area (Å²) in [6.45, 7) is 0.823. The summed E-state index contributed by atoms with van der Waals surface area (Å²) in [5.41, 5.74) is 18.3. The molecule has 1 saturated carbocycles. The third kappa shape index (κ3) is 3.85. The molecule has 5 rings (SSSR count). The average Bonchev–Trinajstić information content (AvgIpc) is 3.26. The van der Waals surface area contributed by atoms with Crippen molar-refractivity contribution in [2.75, 3.05) is 12.3 Å².